The smallest absolute Gasteiger partial charge is 0.300 e. The Kier molecular flexibility index (Phi) is 5.33. The minimum atomic E-state index is -0.157. The maximum atomic E-state index is 6.37. The van der Waals surface area contributed by atoms with E-state index in [1.54, 1.807) is 0 Å². The van der Waals surface area contributed by atoms with E-state index in [9.17, 15) is 0 Å². The van der Waals surface area contributed by atoms with Crippen LogP contribution in [0.1, 0.15) is 56.2 Å². The molecule has 0 bridgehead atoms. The molecule has 0 saturated heterocycles. The van der Waals surface area contributed by atoms with Crippen LogP contribution in [0.3, 0.4) is 0 Å². The number of nitrogens with one attached hydrogen (secondary N) is 1. The van der Waals surface area contributed by atoms with Crippen molar-refractivity contribution in [1.82, 2.24) is 24.7 Å². The largest absolute Gasteiger partial charge is 0.423 e. The molecule has 1 aliphatic carbocycles. The Hall–Kier alpha value is -4.47. The Labute approximate surface area is 225 Å². The molecule has 3 aromatic heterocycles. The van der Waals surface area contributed by atoms with Crippen molar-refractivity contribution >= 4 is 45.4 Å². The third kappa shape index (κ3) is 4.07. The summed E-state index contributed by atoms with van der Waals surface area (Å²) in [6.07, 6.45) is 6.17. The lowest BCUT2D eigenvalue weighted by Gasteiger charge is -2.34. The Balaban J connectivity index is 1.17. The number of oxime groups is 1. The van der Waals surface area contributed by atoms with Crippen molar-refractivity contribution in [2.45, 2.75) is 64.5 Å². The Bertz CT molecular complexity index is 1740. The van der Waals surface area contributed by atoms with E-state index in [4.69, 9.17) is 20.1 Å². The van der Waals surface area contributed by atoms with Gasteiger partial charge in [-0.05, 0) is 75.8 Å². The zero-order chi connectivity index (χ0) is 26.7. The molecule has 7 rings (SSSR count). The van der Waals surface area contributed by atoms with Gasteiger partial charge in [-0.15, -0.1) is 0 Å². The third-order valence-electron chi connectivity index (χ3n) is 7.93. The van der Waals surface area contributed by atoms with Crippen LogP contribution in [0, 0.1) is 13.8 Å². The number of aromatic nitrogens is 5. The van der Waals surface area contributed by atoms with Crippen LogP contribution in [-0.2, 0) is 4.84 Å². The van der Waals surface area contributed by atoms with E-state index >= 15 is 0 Å². The fourth-order valence-corrected chi connectivity index (χ4v) is 6.06. The Morgan fingerprint density at radius 2 is 1.85 bits per heavy atom. The standard InChI is InChI=1S/C29H30N8O2/c1-16-12-17(2)25-22(13-16)34-28(38-25)33-20-6-4-19(5-7-20)24-23-26(30)31-15-32-27(23)37(35-24)21-8-10-29(11-9-21)14-18(3)36-39-29/h4-7,12-13,15,21H,8-11,14H2,1-3H3,(H,33,34)(H2,30,31,32)/t21-,29+. The third-order valence-corrected chi connectivity index (χ3v) is 7.93. The van der Waals surface area contributed by atoms with E-state index in [1.165, 1.54) is 6.33 Å². The predicted molar refractivity (Wildman–Crippen MR) is 151 cm³/mol. The lowest BCUT2D eigenvalue weighted by molar-refractivity contribution is -0.0533. The molecule has 0 atom stereocenters. The van der Waals surface area contributed by atoms with Crippen molar-refractivity contribution in [2.24, 2.45) is 5.16 Å². The highest BCUT2D eigenvalue weighted by Gasteiger charge is 2.42. The Morgan fingerprint density at radius 1 is 1.05 bits per heavy atom. The maximum absolute atomic E-state index is 6.37. The molecule has 2 aromatic carbocycles. The molecule has 2 aliphatic rings. The highest BCUT2D eigenvalue weighted by Crippen LogP contribution is 2.43. The van der Waals surface area contributed by atoms with Gasteiger partial charge in [0.1, 0.15) is 29.0 Å². The SMILES string of the molecule is CC1=NO[C@]2(CC[C@@H](n3nc(-c4ccc(Nc5nc6cc(C)cc(C)c6o5)cc4)c4c(N)ncnc43)CC2)C1. The topological polar surface area (TPSA) is 129 Å². The van der Waals surface area contributed by atoms with Gasteiger partial charge in [-0.3, -0.25) is 0 Å². The van der Waals surface area contributed by atoms with Gasteiger partial charge in [0.05, 0.1) is 17.1 Å². The number of fused-ring (bicyclic) bond motifs is 2. The molecule has 5 aromatic rings. The van der Waals surface area contributed by atoms with Gasteiger partial charge in [0.15, 0.2) is 11.2 Å². The van der Waals surface area contributed by atoms with Gasteiger partial charge in [0.25, 0.3) is 6.01 Å². The van der Waals surface area contributed by atoms with Crippen molar-refractivity contribution in [3.63, 3.8) is 0 Å². The highest BCUT2D eigenvalue weighted by atomic mass is 16.7. The normalized spacial score (nSPS) is 21.0. The summed E-state index contributed by atoms with van der Waals surface area (Å²) in [5.74, 6) is 0.427. The lowest BCUT2D eigenvalue weighted by Crippen LogP contribution is -2.35. The van der Waals surface area contributed by atoms with Crippen LogP contribution in [-0.4, -0.2) is 36.0 Å². The van der Waals surface area contributed by atoms with Crippen LogP contribution < -0.4 is 11.1 Å². The summed E-state index contributed by atoms with van der Waals surface area (Å²) in [5, 5.41) is 13.3. The molecule has 0 unspecified atom stereocenters. The van der Waals surface area contributed by atoms with Crippen molar-refractivity contribution in [3.05, 3.63) is 53.9 Å². The molecule has 0 amide bonds. The minimum Gasteiger partial charge on any atom is -0.423 e. The van der Waals surface area contributed by atoms with Gasteiger partial charge in [0.2, 0.25) is 0 Å². The summed E-state index contributed by atoms with van der Waals surface area (Å²) in [6, 6.07) is 12.8. The van der Waals surface area contributed by atoms with E-state index < -0.39 is 0 Å². The second-order valence-electron chi connectivity index (χ2n) is 10.9. The number of rotatable bonds is 4. The van der Waals surface area contributed by atoms with Crippen LogP contribution in [0.5, 0.6) is 0 Å². The van der Waals surface area contributed by atoms with E-state index in [-0.39, 0.29) is 11.6 Å². The number of hydrogen-bond donors (Lipinski definition) is 2. The number of nitrogens with zero attached hydrogens (tertiary/aromatic N) is 6. The van der Waals surface area contributed by atoms with Gasteiger partial charge in [-0.25, -0.2) is 14.6 Å². The monoisotopic (exact) mass is 522 g/mol. The first kappa shape index (κ1) is 23.6. The minimum absolute atomic E-state index is 0.157. The predicted octanol–water partition coefficient (Wildman–Crippen LogP) is 6.23. The summed E-state index contributed by atoms with van der Waals surface area (Å²) in [7, 11) is 0. The first-order valence-corrected chi connectivity index (χ1v) is 13.3. The van der Waals surface area contributed by atoms with Crippen LogP contribution in [0.4, 0.5) is 17.5 Å². The van der Waals surface area contributed by atoms with E-state index in [0.29, 0.717) is 11.8 Å². The zero-order valence-electron chi connectivity index (χ0n) is 22.2. The molecule has 0 radical (unpaired) electrons. The fourth-order valence-electron chi connectivity index (χ4n) is 6.06. The number of oxazole rings is 1. The molecule has 3 N–H and O–H groups in total. The van der Waals surface area contributed by atoms with Gasteiger partial charge in [-0.1, -0.05) is 23.4 Å². The maximum Gasteiger partial charge on any atom is 0.300 e. The van der Waals surface area contributed by atoms with E-state index in [0.717, 1.165) is 88.0 Å². The molecule has 1 saturated carbocycles. The second kappa shape index (κ2) is 8.79. The number of nitrogen functional groups attached to an aromatic ring is 1. The van der Waals surface area contributed by atoms with Crippen molar-refractivity contribution < 1.29 is 9.25 Å². The summed E-state index contributed by atoms with van der Waals surface area (Å²) >= 11 is 0. The van der Waals surface area contributed by atoms with Crippen molar-refractivity contribution in [1.29, 1.82) is 0 Å². The van der Waals surface area contributed by atoms with E-state index in [2.05, 4.69) is 38.4 Å². The molecule has 39 heavy (non-hydrogen) atoms. The molecule has 10 heteroatoms. The number of nitrogens with two attached hydrogens (primary N) is 1. The number of benzene rings is 2. The fraction of sp³-hybridized carbons (Fsp3) is 0.345. The van der Waals surface area contributed by atoms with E-state index in [1.807, 2.05) is 48.9 Å². The molecular formula is C29H30N8O2. The average molecular weight is 523 g/mol. The van der Waals surface area contributed by atoms with Gasteiger partial charge < -0.3 is 20.3 Å². The van der Waals surface area contributed by atoms with Gasteiger partial charge in [-0.2, -0.15) is 10.1 Å². The number of anilines is 3. The van der Waals surface area contributed by atoms with Crippen molar-refractivity contribution in [2.75, 3.05) is 11.1 Å². The molecule has 4 heterocycles. The lowest BCUT2D eigenvalue weighted by atomic mass is 9.79. The summed E-state index contributed by atoms with van der Waals surface area (Å²) in [5.41, 5.74) is 14.5. The number of aryl methyl sites for hydroxylation is 2. The summed E-state index contributed by atoms with van der Waals surface area (Å²) in [4.78, 5) is 19.3. The van der Waals surface area contributed by atoms with Crippen LogP contribution in [0.2, 0.25) is 0 Å². The first-order valence-electron chi connectivity index (χ1n) is 13.3. The summed E-state index contributed by atoms with van der Waals surface area (Å²) in [6.45, 7) is 6.12. The zero-order valence-corrected chi connectivity index (χ0v) is 22.2. The van der Waals surface area contributed by atoms with Gasteiger partial charge >= 0.3 is 0 Å². The molecule has 1 spiro atoms. The van der Waals surface area contributed by atoms with Crippen LogP contribution in [0.25, 0.3) is 33.4 Å². The average Bonchev–Trinajstić information content (AvgIpc) is 3.61. The number of hydrogen-bond acceptors (Lipinski definition) is 9. The molecule has 198 valence electrons. The first-order chi connectivity index (χ1) is 18.9. The Morgan fingerprint density at radius 3 is 2.59 bits per heavy atom. The van der Waals surface area contributed by atoms with Gasteiger partial charge in [0, 0.05) is 17.7 Å². The van der Waals surface area contributed by atoms with Crippen LogP contribution in [0.15, 0.2) is 52.3 Å². The quantitative estimate of drug-likeness (QED) is 0.284. The summed E-state index contributed by atoms with van der Waals surface area (Å²) < 4.78 is 8.00. The van der Waals surface area contributed by atoms with Crippen molar-refractivity contribution in [3.8, 4) is 11.3 Å². The molecular weight excluding hydrogens is 492 g/mol. The highest BCUT2D eigenvalue weighted by molar-refractivity contribution is 5.98. The second-order valence-corrected chi connectivity index (χ2v) is 10.9. The van der Waals surface area contributed by atoms with Crippen LogP contribution >= 0.6 is 0 Å². The molecule has 10 nitrogen and oxygen atoms in total. The molecule has 1 aliphatic heterocycles. The molecule has 1 fully saturated rings.